The molecule has 90 valence electrons. The maximum Gasteiger partial charge on any atom is 0.347 e. The van der Waals surface area contributed by atoms with Crippen LogP contribution in [0.25, 0.3) is 10.7 Å². The van der Waals surface area contributed by atoms with Crippen LogP contribution in [0.2, 0.25) is 0 Å². The van der Waals surface area contributed by atoms with Crippen molar-refractivity contribution in [3.8, 4) is 10.7 Å². The van der Waals surface area contributed by atoms with Crippen molar-refractivity contribution in [2.24, 2.45) is 0 Å². The molecule has 0 atom stereocenters. The maximum absolute atomic E-state index is 11.1. The summed E-state index contributed by atoms with van der Waals surface area (Å²) in [5.41, 5.74) is 1.41. The lowest BCUT2D eigenvalue weighted by Crippen LogP contribution is -2.00. The highest BCUT2D eigenvalue weighted by atomic mass is 32.1. The predicted molar refractivity (Wildman–Crippen MR) is 69.0 cm³/mol. The van der Waals surface area contributed by atoms with E-state index in [4.69, 9.17) is 5.11 Å². The van der Waals surface area contributed by atoms with Crippen molar-refractivity contribution in [1.29, 1.82) is 0 Å². The second-order valence-corrected chi connectivity index (χ2v) is 6.01. The third kappa shape index (κ3) is 2.37. The Morgan fingerprint density at radius 2 is 2.12 bits per heavy atom. The van der Waals surface area contributed by atoms with Crippen molar-refractivity contribution in [2.45, 2.75) is 26.7 Å². The molecule has 0 saturated heterocycles. The number of aromatic carboxylic acids is 1. The molecule has 0 bridgehead atoms. The molecule has 0 unspecified atom stereocenters. The molecule has 2 aromatic rings. The Morgan fingerprint density at radius 3 is 2.53 bits per heavy atom. The van der Waals surface area contributed by atoms with Crippen LogP contribution < -0.4 is 0 Å². The normalized spacial score (nSPS) is 11.1. The smallest absolute Gasteiger partial charge is 0.347 e. The summed E-state index contributed by atoms with van der Waals surface area (Å²) in [5.74, 6) is -0.810. The highest BCUT2D eigenvalue weighted by Crippen LogP contribution is 2.32. The van der Waals surface area contributed by atoms with E-state index in [-0.39, 0.29) is 5.92 Å². The Bertz CT molecular complexity index is 558. The van der Waals surface area contributed by atoms with E-state index in [1.807, 2.05) is 26.2 Å². The van der Waals surface area contributed by atoms with Gasteiger partial charge in [0.05, 0.1) is 10.7 Å². The lowest BCUT2D eigenvalue weighted by molar-refractivity contribution is 0.0700. The van der Waals surface area contributed by atoms with Crippen molar-refractivity contribution in [1.82, 2.24) is 9.97 Å². The van der Waals surface area contributed by atoms with E-state index < -0.39 is 5.97 Å². The summed E-state index contributed by atoms with van der Waals surface area (Å²) in [4.78, 5) is 20.2. The van der Waals surface area contributed by atoms with Gasteiger partial charge in [-0.05, 0) is 12.8 Å². The van der Waals surface area contributed by atoms with Crippen LogP contribution in [-0.2, 0) is 0 Å². The predicted octanol–water partition coefficient (Wildman–Crippen LogP) is 3.40. The fraction of sp³-hybridized carbons (Fsp3) is 0.364. The molecule has 2 heterocycles. The van der Waals surface area contributed by atoms with E-state index in [2.05, 4.69) is 9.97 Å². The molecule has 0 aliphatic heterocycles. The molecule has 17 heavy (non-hydrogen) atoms. The average molecular weight is 268 g/mol. The number of carboxylic acid groups (broad SMARTS) is 1. The van der Waals surface area contributed by atoms with Crippen molar-refractivity contribution in [2.75, 3.05) is 0 Å². The first-order valence-corrected chi connectivity index (χ1v) is 6.85. The largest absolute Gasteiger partial charge is 0.477 e. The SMILES string of the molecule is Cc1nc(-c2nc(C(C)C)c(C(=O)O)s2)cs1. The zero-order valence-electron chi connectivity index (χ0n) is 9.72. The van der Waals surface area contributed by atoms with Gasteiger partial charge in [0.15, 0.2) is 0 Å². The number of carbonyl (C=O) groups is 1. The molecular weight excluding hydrogens is 256 g/mol. The maximum atomic E-state index is 11.1. The Morgan fingerprint density at radius 1 is 1.41 bits per heavy atom. The Balaban J connectivity index is 2.50. The van der Waals surface area contributed by atoms with Gasteiger partial charge in [0.1, 0.15) is 15.6 Å². The molecule has 0 radical (unpaired) electrons. The van der Waals surface area contributed by atoms with E-state index in [0.29, 0.717) is 15.6 Å². The van der Waals surface area contributed by atoms with Gasteiger partial charge in [0.25, 0.3) is 0 Å². The average Bonchev–Trinajstić information content (AvgIpc) is 2.82. The molecular formula is C11H12N2O2S2. The van der Waals surface area contributed by atoms with Crippen LogP contribution in [0.5, 0.6) is 0 Å². The van der Waals surface area contributed by atoms with Gasteiger partial charge in [-0.15, -0.1) is 22.7 Å². The van der Waals surface area contributed by atoms with Crippen LogP contribution in [-0.4, -0.2) is 21.0 Å². The molecule has 0 aromatic carbocycles. The summed E-state index contributed by atoms with van der Waals surface area (Å²) >= 11 is 2.74. The van der Waals surface area contributed by atoms with Gasteiger partial charge < -0.3 is 5.11 Å². The van der Waals surface area contributed by atoms with Gasteiger partial charge in [-0.2, -0.15) is 0 Å². The number of nitrogens with zero attached hydrogens (tertiary/aromatic N) is 2. The molecule has 2 rings (SSSR count). The van der Waals surface area contributed by atoms with Gasteiger partial charge in [-0.25, -0.2) is 14.8 Å². The van der Waals surface area contributed by atoms with Gasteiger partial charge in [0.2, 0.25) is 0 Å². The van der Waals surface area contributed by atoms with Crippen molar-refractivity contribution < 1.29 is 9.90 Å². The molecule has 1 N–H and O–H groups in total. The number of hydrogen-bond donors (Lipinski definition) is 1. The first-order valence-electron chi connectivity index (χ1n) is 5.15. The molecule has 4 nitrogen and oxygen atoms in total. The van der Waals surface area contributed by atoms with Gasteiger partial charge in [-0.3, -0.25) is 0 Å². The Kier molecular flexibility index (Phi) is 3.26. The molecule has 0 fully saturated rings. The van der Waals surface area contributed by atoms with Crippen LogP contribution in [0.15, 0.2) is 5.38 Å². The van der Waals surface area contributed by atoms with E-state index in [0.717, 1.165) is 10.7 Å². The number of thiazole rings is 2. The Hall–Kier alpha value is -1.27. The molecule has 0 saturated carbocycles. The fourth-order valence-corrected chi connectivity index (χ4v) is 3.14. The zero-order chi connectivity index (χ0) is 12.6. The van der Waals surface area contributed by atoms with E-state index >= 15 is 0 Å². The number of aryl methyl sites for hydroxylation is 1. The summed E-state index contributed by atoms with van der Waals surface area (Å²) < 4.78 is 0. The Labute approximate surface area is 107 Å². The number of rotatable bonds is 3. The minimum atomic E-state index is -0.913. The molecule has 0 aliphatic rings. The van der Waals surface area contributed by atoms with Crippen molar-refractivity contribution in [3.05, 3.63) is 21.0 Å². The summed E-state index contributed by atoms with van der Waals surface area (Å²) in [6.07, 6.45) is 0. The van der Waals surface area contributed by atoms with Crippen LogP contribution in [0.3, 0.4) is 0 Å². The van der Waals surface area contributed by atoms with Crippen molar-refractivity contribution >= 4 is 28.6 Å². The number of aromatic nitrogens is 2. The summed E-state index contributed by atoms with van der Waals surface area (Å²) in [5, 5.41) is 12.7. The first-order chi connectivity index (χ1) is 7.99. The summed E-state index contributed by atoms with van der Waals surface area (Å²) in [7, 11) is 0. The number of carboxylic acids is 1. The summed E-state index contributed by atoms with van der Waals surface area (Å²) in [6.45, 7) is 5.80. The molecule has 0 spiro atoms. The van der Waals surface area contributed by atoms with E-state index in [9.17, 15) is 4.79 Å². The number of hydrogen-bond acceptors (Lipinski definition) is 5. The van der Waals surface area contributed by atoms with Crippen LogP contribution >= 0.6 is 22.7 Å². The highest BCUT2D eigenvalue weighted by Gasteiger charge is 2.21. The lowest BCUT2D eigenvalue weighted by atomic mass is 10.1. The third-order valence-electron chi connectivity index (χ3n) is 2.23. The standard InChI is InChI=1S/C11H12N2O2S2/c1-5(2)8-9(11(14)15)17-10(13-8)7-4-16-6(3)12-7/h4-5H,1-3H3,(H,14,15). The topological polar surface area (TPSA) is 63.1 Å². The van der Waals surface area contributed by atoms with Crippen LogP contribution in [0.1, 0.15) is 40.1 Å². The minimum absolute atomic E-state index is 0.103. The van der Waals surface area contributed by atoms with Crippen LogP contribution in [0.4, 0.5) is 0 Å². The molecule has 0 aliphatic carbocycles. The van der Waals surface area contributed by atoms with Gasteiger partial charge in [-0.1, -0.05) is 13.8 Å². The molecule has 6 heteroatoms. The second-order valence-electron chi connectivity index (χ2n) is 3.94. The van der Waals surface area contributed by atoms with Crippen molar-refractivity contribution in [3.63, 3.8) is 0 Å². The fourth-order valence-electron chi connectivity index (χ4n) is 1.45. The zero-order valence-corrected chi connectivity index (χ0v) is 11.4. The molecule has 0 amide bonds. The molecule has 2 aromatic heterocycles. The van der Waals surface area contributed by atoms with Crippen LogP contribution in [0, 0.1) is 6.92 Å². The minimum Gasteiger partial charge on any atom is -0.477 e. The third-order valence-corrected chi connectivity index (χ3v) is 4.09. The van der Waals surface area contributed by atoms with Gasteiger partial charge in [0, 0.05) is 5.38 Å². The van der Waals surface area contributed by atoms with E-state index in [1.54, 1.807) is 0 Å². The first kappa shape index (κ1) is 12.2. The lowest BCUT2D eigenvalue weighted by Gasteiger charge is -2.00. The van der Waals surface area contributed by atoms with E-state index in [1.165, 1.54) is 22.7 Å². The monoisotopic (exact) mass is 268 g/mol. The second kappa shape index (κ2) is 4.54. The summed E-state index contributed by atoms with van der Waals surface area (Å²) in [6, 6.07) is 0. The quantitative estimate of drug-likeness (QED) is 0.926. The highest BCUT2D eigenvalue weighted by molar-refractivity contribution is 7.17. The van der Waals surface area contributed by atoms with Gasteiger partial charge >= 0.3 is 5.97 Å².